The second-order valence-corrected chi connectivity index (χ2v) is 10.7. The van der Waals surface area contributed by atoms with Crippen molar-refractivity contribution in [3.8, 4) is 0 Å². The first-order valence-corrected chi connectivity index (χ1v) is 11.8. The van der Waals surface area contributed by atoms with Gasteiger partial charge in [0.25, 0.3) is 0 Å². The number of anilines is 2. The summed E-state index contributed by atoms with van der Waals surface area (Å²) in [5, 5.41) is 10.8. The smallest absolute Gasteiger partial charge is 0.152 e. The fourth-order valence-corrected chi connectivity index (χ4v) is 5.51. The molecule has 2 atom stereocenters. The molecule has 6 heteroatoms. The van der Waals surface area contributed by atoms with E-state index in [1.165, 1.54) is 29.5 Å². The van der Waals surface area contributed by atoms with Gasteiger partial charge in [-0.2, -0.15) is 5.10 Å². The predicted octanol–water partition coefficient (Wildman–Crippen LogP) is 6.75. The van der Waals surface area contributed by atoms with E-state index < -0.39 is 0 Å². The third-order valence-electron chi connectivity index (χ3n) is 6.59. The van der Waals surface area contributed by atoms with Crippen molar-refractivity contribution in [2.75, 3.05) is 5.32 Å². The van der Waals surface area contributed by atoms with Gasteiger partial charge < -0.3 is 5.32 Å². The van der Waals surface area contributed by atoms with E-state index >= 15 is 0 Å². The number of fused-ring (bicyclic) bond motifs is 1. The van der Waals surface area contributed by atoms with Crippen LogP contribution >= 0.6 is 11.9 Å². The van der Waals surface area contributed by atoms with Gasteiger partial charge in [0, 0.05) is 34.7 Å². The molecule has 162 valence electrons. The minimum atomic E-state index is -0.195. The van der Waals surface area contributed by atoms with Gasteiger partial charge in [-0.05, 0) is 65.8 Å². The van der Waals surface area contributed by atoms with Crippen molar-refractivity contribution in [3.63, 3.8) is 0 Å². The molecule has 0 bridgehead atoms. The average Bonchev–Trinajstić information content (AvgIpc) is 3.50. The molecule has 2 heterocycles. The molecular weight excluding hydrogens is 407 g/mol. The second kappa shape index (κ2) is 7.99. The molecule has 3 N–H and O–H groups in total. The highest BCUT2D eigenvalue weighted by Crippen LogP contribution is 2.44. The summed E-state index contributed by atoms with van der Waals surface area (Å²) in [5.74, 6) is 1.51. The van der Waals surface area contributed by atoms with E-state index in [1.54, 1.807) is 6.07 Å². The number of halogens is 1. The maximum atomic E-state index is 14.8. The molecule has 5 rings (SSSR count). The first-order valence-electron chi connectivity index (χ1n) is 11.0. The van der Waals surface area contributed by atoms with Crippen molar-refractivity contribution >= 4 is 23.5 Å². The molecule has 1 aliphatic carbocycles. The molecule has 1 fully saturated rings. The summed E-state index contributed by atoms with van der Waals surface area (Å²) >= 11 is 1.48. The van der Waals surface area contributed by atoms with Crippen LogP contribution in [0.2, 0.25) is 0 Å². The Hall–Kier alpha value is -2.31. The lowest BCUT2D eigenvalue weighted by Crippen LogP contribution is -2.11. The maximum Gasteiger partial charge on any atom is 0.152 e. The fourth-order valence-electron chi connectivity index (χ4n) is 4.72. The number of H-pyrrole nitrogens is 1. The Morgan fingerprint density at radius 2 is 1.94 bits per heavy atom. The normalized spacial score (nSPS) is 20.8. The maximum absolute atomic E-state index is 14.8. The third-order valence-corrected chi connectivity index (χ3v) is 7.48. The molecule has 3 aromatic rings. The molecule has 2 unspecified atom stereocenters. The molecule has 1 saturated carbocycles. The predicted molar refractivity (Wildman–Crippen MR) is 125 cm³/mol. The molecule has 0 spiro atoms. The van der Waals surface area contributed by atoms with Gasteiger partial charge in [-0.25, -0.2) is 4.39 Å². The summed E-state index contributed by atoms with van der Waals surface area (Å²) < 4.78 is 17.9. The number of nitrogens with one attached hydrogen (secondary N) is 3. The molecule has 0 saturated heterocycles. The van der Waals surface area contributed by atoms with Gasteiger partial charge in [-0.3, -0.25) is 9.82 Å². The summed E-state index contributed by atoms with van der Waals surface area (Å²) in [6.45, 7) is 7.35. The summed E-state index contributed by atoms with van der Waals surface area (Å²) in [4.78, 5) is 0.957. The SMILES string of the molecule is CC(C)(C)c1cccc(C2CCC(c3cc(Nc4ccc5c(c4F)CNS5)n[nH]3)C2)c1. The average molecular weight is 437 g/mol. The molecule has 2 aliphatic rings. The van der Waals surface area contributed by atoms with E-state index in [4.69, 9.17) is 0 Å². The summed E-state index contributed by atoms with van der Waals surface area (Å²) in [5.41, 5.74) is 5.34. The van der Waals surface area contributed by atoms with Gasteiger partial charge in [0.05, 0.1) is 5.69 Å². The van der Waals surface area contributed by atoms with Crippen LogP contribution in [0.5, 0.6) is 0 Å². The molecule has 1 aliphatic heterocycles. The van der Waals surface area contributed by atoms with Crippen LogP contribution in [0.4, 0.5) is 15.9 Å². The monoisotopic (exact) mass is 436 g/mol. The number of hydrogen-bond acceptors (Lipinski definition) is 4. The molecule has 1 aromatic heterocycles. The van der Waals surface area contributed by atoms with Crippen molar-refractivity contribution in [3.05, 3.63) is 70.7 Å². The molecule has 4 nitrogen and oxygen atoms in total. The van der Waals surface area contributed by atoms with Crippen LogP contribution in [0, 0.1) is 5.82 Å². The van der Waals surface area contributed by atoms with Crippen LogP contribution in [0.25, 0.3) is 0 Å². The standard InChI is InChI=1S/C25H29FN4S/c1-25(2,3)18-6-4-5-15(12-18)16-7-8-17(11-16)21-13-23(30-29-21)28-20-9-10-22-19(24(20)26)14-27-31-22/h4-6,9-10,12-13,16-17,27H,7-8,11,14H2,1-3H3,(H2,28,29,30). The first kappa shape index (κ1) is 20.6. The van der Waals surface area contributed by atoms with Gasteiger partial charge in [-0.1, -0.05) is 45.0 Å². The number of rotatable bonds is 4. The Morgan fingerprint density at radius 3 is 2.77 bits per heavy atom. The van der Waals surface area contributed by atoms with Crippen molar-refractivity contribution in [1.82, 2.24) is 14.9 Å². The molecule has 31 heavy (non-hydrogen) atoms. The van der Waals surface area contributed by atoms with E-state index in [-0.39, 0.29) is 11.2 Å². The van der Waals surface area contributed by atoms with Crippen LogP contribution < -0.4 is 10.0 Å². The number of hydrogen-bond donors (Lipinski definition) is 3. The second-order valence-electron chi connectivity index (χ2n) is 9.74. The lowest BCUT2D eigenvalue weighted by molar-refractivity contribution is 0.586. The Kier molecular flexibility index (Phi) is 5.30. The zero-order valence-electron chi connectivity index (χ0n) is 18.3. The number of aromatic amines is 1. The summed E-state index contributed by atoms with van der Waals surface area (Å²) in [7, 11) is 0. The zero-order valence-corrected chi connectivity index (χ0v) is 19.1. The lowest BCUT2D eigenvalue weighted by atomic mass is 9.84. The lowest BCUT2D eigenvalue weighted by Gasteiger charge is -2.21. The van der Waals surface area contributed by atoms with Gasteiger partial charge in [0.1, 0.15) is 0 Å². The zero-order chi connectivity index (χ0) is 21.6. The minimum absolute atomic E-state index is 0.166. The molecule has 0 amide bonds. The highest BCUT2D eigenvalue weighted by atomic mass is 32.2. The Labute approximate surface area is 187 Å². The van der Waals surface area contributed by atoms with Crippen LogP contribution in [-0.2, 0) is 12.0 Å². The Morgan fingerprint density at radius 1 is 1.10 bits per heavy atom. The van der Waals surface area contributed by atoms with E-state index in [0.29, 0.717) is 29.9 Å². The van der Waals surface area contributed by atoms with Gasteiger partial charge >= 0.3 is 0 Å². The van der Waals surface area contributed by atoms with E-state index in [2.05, 4.69) is 65.3 Å². The summed E-state index contributed by atoms with van der Waals surface area (Å²) in [6.07, 6.45) is 3.44. The number of aromatic nitrogens is 2. The van der Waals surface area contributed by atoms with E-state index in [9.17, 15) is 4.39 Å². The largest absolute Gasteiger partial charge is 0.336 e. The molecular formula is C25H29FN4S. The third kappa shape index (κ3) is 4.11. The molecule has 0 radical (unpaired) electrons. The molecule has 2 aromatic carbocycles. The fraction of sp³-hybridized carbons (Fsp3) is 0.400. The van der Waals surface area contributed by atoms with Crippen LogP contribution in [0.3, 0.4) is 0 Å². The van der Waals surface area contributed by atoms with Crippen LogP contribution in [0.1, 0.15) is 74.3 Å². The Bertz CT molecular complexity index is 1100. The first-order chi connectivity index (χ1) is 14.9. The van der Waals surface area contributed by atoms with Gasteiger partial charge in [-0.15, -0.1) is 0 Å². The van der Waals surface area contributed by atoms with Crippen molar-refractivity contribution < 1.29 is 4.39 Å². The van der Waals surface area contributed by atoms with E-state index in [0.717, 1.165) is 29.0 Å². The van der Waals surface area contributed by atoms with E-state index in [1.807, 2.05) is 12.1 Å². The highest BCUT2D eigenvalue weighted by molar-refractivity contribution is 7.97. The van der Waals surface area contributed by atoms with Gasteiger partial charge in [0.2, 0.25) is 0 Å². The van der Waals surface area contributed by atoms with Gasteiger partial charge in [0.15, 0.2) is 11.6 Å². The van der Waals surface area contributed by atoms with Crippen LogP contribution in [0.15, 0.2) is 47.4 Å². The van der Waals surface area contributed by atoms with Crippen molar-refractivity contribution in [1.29, 1.82) is 0 Å². The minimum Gasteiger partial charge on any atom is -0.336 e. The highest BCUT2D eigenvalue weighted by Gasteiger charge is 2.29. The summed E-state index contributed by atoms with van der Waals surface area (Å²) in [6, 6.07) is 14.9. The van der Waals surface area contributed by atoms with Crippen molar-refractivity contribution in [2.45, 2.75) is 68.7 Å². The van der Waals surface area contributed by atoms with Crippen LogP contribution in [-0.4, -0.2) is 10.2 Å². The topological polar surface area (TPSA) is 52.7 Å². The quantitative estimate of drug-likeness (QED) is 0.396. The number of benzene rings is 2. The number of nitrogens with zero attached hydrogens (tertiary/aromatic N) is 1. The Balaban J connectivity index is 1.28. The van der Waals surface area contributed by atoms with Crippen molar-refractivity contribution in [2.24, 2.45) is 0 Å².